The van der Waals surface area contributed by atoms with Crippen LogP contribution in [0.2, 0.25) is 0 Å². The van der Waals surface area contributed by atoms with Gasteiger partial charge in [0.1, 0.15) is 5.82 Å². The van der Waals surface area contributed by atoms with Gasteiger partial charge in [-0.2, -0.15) is 0 Å². The van der Waals surface area contributed by atoms with Crippen molar-refractivity contribution in [2.45, 2.75) is 13.5 Å². The summed E-state index contributed by atoms with van der Waals surface area (Å²) in [5, 5.41) is 2.95. The Balaban J connectivity index is 1.29. The molecule has 4 rings (SSSR count). The van der Waals surface area contributed by atoms with Crippen LogP contribution in [-0.2, 0) is 11.3 Å². The number of hydrogen-bond acceptors (Lipinski definition) is 5. The molecule has 3 heterocycles. The van der Waals surface area contributed by atoms with Gasteiger partial charge in [0.15, 0.2) is 0 Å². The smallest absolute Gasteiger partial charge is 0.246 e. The van der Waals surface area contributed by atoms with E-state index in [1.807, 2.05) is 23.3 Å². The molecule has 0 atom stereocenters. The van der Waals surface area contributed by atoms with Gasteiger partial charge in [0, 0.05) is 53.9 Å². The van der Waals surface area contributed by atoms with Crippen LogP contribution in [0.1, 0.15) is 15.6 Å². The zero-order valence-corrected chi connectivity index (χ0v) is 17.8. The minimum atomic E-state index is -0.211. The van der Waals surface area contributed by atoms with Crippen molar-refractivity contribution in [3.8, 4) is 10.4 Å². The Hall–Kier alpha value is -2.35. The highest BCUT2D eigenvalue weighted by molar-refractivity contribution is 7.15. The lowest BCUT2D eigenvalue weighted by Crippen LogP contribution is -2.47. The number of carbonyl (C=O) groups excluding carboxylic acids is 1. The number of aromatic nitrogens is 1. The van der Waals surface area contributed by atoms with Gasteiger partial charge in [0.05, 0.1) is 10.7 Å². The third kappa shape index (κ3) is 5.18. The molecule has 1 aliphatic heterocycles. The zero-order chi connectivity index (χ0) is 20.2. The van der Waals surface area contributed by atoms with E-state index in [9.17, 15) is 9.18 Å². The van der Waals surface area contributed by atoms with Crippen molar-refractivity contribution < 1.29 is 9.18 Å². The summed E-state index contributed by atoms with van der Waals surface area (Å²) in [4.78, 5) is 23.3. The molecule has 1 aromatic carbocycles. The van der Waals surface area contributed by atoms with Crippen LogP contribution in [0.15, 0.2) is 47.9 Å². The van der Waals surface area contributed by atoms with Crippen molar-refractivity contribution in [1.82, 2.24) is 14.8 Å². The van der Waals surface area contributed by atoms with Gasteiger partial charge in [-0.05, 0) is 42.8 Å². The predicted molar refractivity (Wildman–Crippen MR) is 117 cm³/mol. The monoisotopic (exact) mass is 427 g/mol. The molecule has 0 aliphatic carbocycles. The highest BCUT2D eigenvalue weighted by Crippen LogP contribution is 2.29. The van der Waals surface area contributed by atoms with E-state index in [4.69, 9.17) is 0 Å². The average Bonchev–Trinajstić information content (AvgIpc) is 3.36. The number of thiazole rings is 1. The average molecular weight is 428 g/mol. The number of thiophene rings is 1. The van der Waals surface area contributed by atoms with Crippen LogP contribution in [0.4, 0.5) is 4.39 Å². The summed E-state index contributed by atoms with van der Waals surface area (Å²) < 4.78 is 13.4. The molecular weight excluding hydrogens is 405 g/mol. The second-order valence-corrected chi connectivity index (χ2v) is 9.23. The number of carbonyl (C=O) groups is 1. The van der Waals surface area contributed by atoms with E-state index in [1.165, 1.54) is 10.9 Å². The summed E-state index contributed by atoms with van der Waals surface area (Å²) in [6.07, 6.45) is 3.41. The summed E-state index contributed by atoms with van der Waals surface area (Å²) in [5.41, 5.74) is 1.75. The predicted octanol–water partition coefficient (Wildman–Crippen LogP) is 4.68. The summed E-state index contributed by atoms with van der Waals surface area (Å²) in [6.45, 7) is 5.96. The van der Waals surface area contributed by atoms with Crippen molar-refractivity contribution in [1.29, 1.82) is 0 Å². The first-order valence-corrected chi connectivity index (χ1v) is 11.2. The van der Waals surface area contributed by atoms with Crippen LogP contribution in [-0.4, -0.2) is 46.9 Å². The lowest BCUT2D eigenvalue weighted by Gasteiger charge is -2.33. The first-order chi connectivity index (χ1) is 14.1. The van der Waals surface area contributed by atoms with Crippen molar-refractivity contribution in [3.05, 3.63) is 69.3 Å². The minimum Gasteiger partial charge on any atom is -0.337 e. The minimum absolute atomic E-state index is 0.0415. The molecule has 2 aromatic heterocycles. The number of halogens is 1. The maximum absolute atomic E-state index is 13.4. The van der Waals surface area contributed by atoms with Crippen LogP contribution in [0.3, 0.4) is 0 Å². The molecule has 0 unspecified atom stereocenters. The van der Waals surface area contributed by atoms with Crippen LogP contribution < -0.4 is 0 Å². The molecule has 0 bridgehead atoms. The first kappa shape index (κ1) is 19.9. The molecule has 0 spiro atoms. The number of benzene rings is 1. The number of amides is 1. The second kappa shape index (κ2) is 8.98. The van der Waals surface area contributed by atoms with Crippen LogP contribution in [0.5, 0.6) is 0 Å². The third-order valence-corrected chi connectivity index (χ3v) is 6.78. The Bertz CT molecular complexity index is 1020. The van der Waals surface area contributed by atoms with E-state index >= 15 is 0 Å². The number of aryl methyl sites for hydroxylation is 1. The van der Waals surface area contributed by atoms with Gasteiger partial charge in [-0.1, -0.05) is 12.1 Å². The van der Waals surface area contributed by atoms with Gasteiger partial charge < -0.3 is 4.90 Å². The summed E-state index contributed by atoms with van der Waals surface area (Å²) >= 11 is 3.28. The Morgan fingerprint density at radius 1 is 1.21 bits per heavy atom. The topological polar surface area (TPSA) is 36.4 Å². The number of piperazine rings is 1. The molecule has 1 aliphatic rings. The number of nitrogens with zero attached hydrogens (tertiary/aromatic N) is 3. The van der Waals surface area contributed by atoms with E-state index in [2.05, 4.69) is 22.0 Å². The molecule has 0 saturated carbocycles. The van der Waals surface area contributed by atoms with E-state index in [-0.39, 0.29) is 11.7 Å². The lowest BCUT2D eigenvalue weighted by molar-refractivity contribution is -0.127. The fraction of sp³-hybridized carbons (Fsp3) is 0.273. The highest BCUT2D eigenvalue weighted by atomic mass is 32.1. The van der Waals surface area contributed by atoms with E-state index in [1.54, 1.807) is 47.0 Å². The molecule has 4 nitrogen and oxygen atoms in total. The molecule has 7 heteroatoms. The summed E-state index contributed by atoms with van der Waals surface area (Å²) in [5.74, 6) is -0.169. The molecule has 150 valence electrons. The summed E-state index contributed by atoms with van der Waals surface area (Å²) in [7, 11) is 0. The van der Waals surface area contributed by atoms with Gasteiger partial charge in [0.25, 0.3) is 0 Å². The Kier molecular flexibility index (Phi) is 6.18. The lowest BCUT2D eigenvalue weighted by atomic mass is 10.2. The van der Waals surface area contributed by atoms with Gasteiger partial charge >= 0.3 is 0 Å². The van der Waals surface area contributed by atoms with Crippen molar-refractivity contribution in [2.75, 3.05) is 26.2 Å². The first-order valence-electron chi connectivity index (χ1n) is 9.53. The van der Waals surface area contributed by atoms with Gasteiger partial charge in [0.2, 0.25) is 5.91 Å². The zero-order valence-electron chi connectivity index (χ0n) is 16.2. The van der Waals surface area contributed by atoms with Gasteiger partial charge in [-0.3, -0.25) is 9.69 Å². The number of rotatable bonds is 5. The van der Waals surface area contributed by atoms with Crippen LogP contribution in [0, 0.1) is 12.7 Å². The maximum Gasteiger partial charge on any atom is 0.246 e. The van der Waals surface area contributed by atoms with E-state index < -0.39 is 0 Å². The van der Waals surface area contributed by atoms with Gasteiger partial charge in [-0.25, -0.2) is 9.37 Å². The molecule has 0 N–H and O–H groups in total. The largest absolute Gasteiger partial charge is 0.337 e. The molecule has 1 amide bonds. The Morgan fingerprint density at radius 3 is 2.76 bits per heavy atom. The fourth-order valence-electron chi connectivity index (χ4n) is 3.33. The van der Waals surface area contributed by atoms with E-state index in [0.29, 0.717) is 0 Å². The second-order valence-electron chi connectivity index (χ2n) is 7.00. The SMILES string of the molecule is Cc1nc(C=CC(=O)N2CCN(Cc3ccc(-c4cccc(F)c4)s3)CC2)cs1. The normalized spacial score (nSPS) is 15.3. The van der Waals surface area contributed by atoms with Gasteiger partial charge in [-0.15, -0.1) is 22.7 Å². The highest BCUT2D eigenvalue weighted by Gasteiger charge is 2.20. The standard InChI is InChI=1S/C22H22FN3OS2/c1-16-24-19(15-28-16)5-8-22(27)26-11-9-25(10-12-26)14-20-6-7-21(29-20)17-3-2-4-18(23)13-17/h2-8,13,15H,9-12,14H2,1H3. The quantitative estimate of drug-likeness (QED) is 0.555. The molecule has 1 saturated heterocycles. The maximum atomic E-state index is 13.4. The van der Waals surface area contributed by atoms with E-state index in [0.717, 1.165) is 53.9 Å². The Morgan fingerprint density at radius 2 is 2.03 bits per heavy atom. The molecule has 1 fully saturated rings. The molecular formula is C22H22FN3OS2. The molecule has 3 aromatic rings. The van der Waals surface area contributed by atoms with Crippen LogP contribution >= 0.6 is 22.7 Å². The van der Waals surface area contributed by atoms with Crippen LogP contribution in [0.25, 0.3) is 16.5 Å². The molecule has 0 radical (unpaired) electrons. The number of hydrogen-bond donors (Lipinski definition) is 0. The fourth-order valence-corrected chi connectivity index (χ4v) is 4.95. The van der Waals surface area contributed by atoms with Crippen molar-refractivity contribution >= 4 is 34.7 Å². The van der Waals surface area contributed by atoms with Crippen molar-refractivity contribution in [2.24, 2.45) is 0 Å². The Labute approximate surface area is 177 Å². The third-order valence-electron chi connectivity index (χ3n) is 4.87. The summed E-state index contributed by atoms with van der Waals surface area (Å²) in [6, 6.07) is 10.9. The molecule has 29 heavy (non-hydrogen) atoms. The van der Waals surface area contributed by atoms with Crippen molar-refractivity contribution in [3.63, 3.8) is 0 Å².